The number of nitrogens with one attached hydrogen (secondary N) is 1. The third-order valence-electron chi connectivity index (χ3n) is 4.37. The second kappa shape index (κ2) is 6.75. The van der Waals surface area contributed by atoms with Gasteiger partial charge >= 0.3 is 0 Å². The van der Waals surface area contributed by atoms with Gasteiger partial charge in [-0.25, -0.2) is 15.0 Å². The van der Waals surface area contributed by atoms with Gasteiger partial charge in [-0.05, 0) is 5.56 Å². The first-order valence-corrected chi connectivity index (χ1v) is 8.15. The fraction of sp³-hybridized carbons (Fsp3) is 0.353. The van der Waals surface area contributed by atoms with E-state index >= 15 is 0 Å². The Hall–Kier alpha value is -2.55. The number of aliphatic hydroxyl groups excluding tert-OH is 2. The summed E-state index contributed by atoms with van der Waals surface area (Å²) in [7, 11) is 0. The fourth-order valence-electron chi connectivity index (χ4n) is 3.06. The molecule has 1 fully saturated rings. The highest BCUT2D eigenvalue weighted by molar-refractivity contribution is 5.82. The predicted octanol–water partition coefficient (Wildman–Crippen LogP) is 1.08. The Morgan fingerprint density at radius 3 is 2.84 bits per heavy atom. The van der Waals surface area contributed by atoms with Crippen molar-refractivity contribution in [2.75, 3.05) is 11.9 Å². The van der Waals surface area contributed by atoms with Gasteiger partial charge in [0, 0.05) is 13.0 Å². The van der Waals surface area contributed by atoms with Gasteiger partial charge in [-0.1, -0.05) is 30.3 Å². The molecular weight excluding hydrogens is 322 g/mol. The molecule has 1 unspecified atom stereocenters. The predicted molar refractivity (Wildman–Crippen MR) is 90.7 cm³/mol. The minimum atomic E-state index is -0.900. The van der Waals surface area contributed by atoms with Crippen molar-refractivity contribution in [2.45, 2.75) is 31.4 Å². The summed E-state index contributed by atoms with van der Waals surface area (Å²) in [5.74, 6) is 0.634. The fourth-order valence-corrected chi connectivity index (χ4v) is 3.06. The van der Waals surface area contributed by atoms with Crippen molar-refractivity contribution >= 4 is 17.0 Å². The van der Waals surface area contributed by atoms with Crippen molar-refractivity contribution < 1.29 is 14.9 Å². The lowest BCUT2D eigenvalue weighted by Crippen LogP contribution is -2.38. The lowest BCUT2D eigenvalue weighted by atomic mass is 10.1. The van der Waals surface area contributed by atoms with Crippen LogP contribution in [0.1, 0.15) is 18.0 Å². The topological polar surface area (TPSA) is 105 Å². The monoisotopic (exact) mass is 341 g/mol. The summed E-state index contributed by atoms with van der Waals surface area (Å²) < 4.78 is 6.85. The van der Waals surface area contributed by atoms with Crippen LogP contribution in [-0.2, 0) is 11.3 Å². The minimum absolute atomic E-state index is 0.0791. The number of ether oxygens (including phenoxy) is 1. The lowest BCUT2D eigenvalue weighted by Gasteiger charge is -2.31. The standard InChI is InChI=1S/C17H19N5O3/c23-13-8-25-14(24)6-12(13)22-10-21-15-16(19-9-20-17(15)22)18-7-11-4-2-1-3-5-11/h1-5,9-10,12-14,23-24H,6-8H2,(H,18,19,20)/t12-,13-,14?/m1/s1. The molecule has 1 aliphatic rings. The Morgan fingerprint density at radius 2 is 2.00 bits per heavy atom. The van der Waals surface area contributed by atoms with Crippen molar-refractivity contribution in [1.82, 2.24) is 19.5 Å². The van der Waals surface area contributed by atoms with Crippen LogP contribution in [0.3, 0.4) is 0 Å². The first-order valence-electron chi connectivity index (χ1n) is 8.15. The molecule has 0 amide bonds. The number of hydrogen-bond donors (Lipinski definition) is 3. The van der Waals surface area contributed by atoms with Crippen molar-refractivity contribution in [1.29, 1.82) is 0 Å². The molecule has 0 radical (unpaired) electrons. The molecule has 130 valence electrons. The van der Waals surface area contributed by atoms with E-state index in [0.29, 0.717) is 23.5 Å². The zero-order chi connectivity index (χ0) is 17.2. The number of fused-ring (bicyclic) bond motifs is 1. The highest BCUT2D eigenvalue weighted by atomic mass is 16.6. The largest absolute Gasteiger partial charge is 0.389 e. The van der Waals surface area contributed by atoms with Crippen molar-refractivity contribution in [3.63, 3.8) is 0 Å². The van der Waals surface area contributed by atoms with E-state index in [0.717, 1.165) is 5.56 Å². The van der Waals surface area contributed by atoms with Crippen LogP contribution in [-0.4, -0.2) is 48.7 Å². The molecule has 0 saturated carbocycles. The van der Waals surface area contributed by atoms with Gasteiger partial charge in [0.1, 0.15) is 11.8 Å². The third kappa shape index (κ3) is 3.19. The molecule has 1 saturated heterocycles. The normalized spacial score (nSPS) is 23.7. The van der Waals surface area contributed by atoms with Crippen LogP contribution in [0, 0.1) is 0 Å². The molecule has 0 bridgehead atoms. The molecular formula is C17H19N5O3. The summed E-state index contributed by atoms with van der Waals surface area (Å²) in [6, 6.07) is 9.67. The van der Waals surface area contributed by atoms with E-state index in [1.165, 1.54) is 6.33 Å². The van der Waals surface area contributed by atoms with E-state index in [1.807, 2.05) is 30.3 Å². The van der Waals surface area contributed by atoms with E-state index in [1.54, 1.807) is 10.9 Å². The molecule has 3 N–H and O–H groups in total. The molecule has 0 spiro atoms. The van der Waals surface area contributed by atoms with E-state index in [-0.39, 0.29) is 19.1 Å². The van der Waals surface area contributed by atoms with Crippen LogP contribution in [0.4, 0.5) is 5.82 Å². The van der Waals surface area contributed by atoms with E-state index in [9.17, 15) is 10.2 Å². The first-order chi connectivity index (χ1) is 12.2. The Morgan fingerprint density at radius 1 is 1.16 bits per heavy atom. The second-order valence-electron chi connectivity index (χ2n) is 6.04. The molecule has 2 aromatic heterocycles. The van der Waals surface area contributed by atoms with E-state index < -0.39 is 12.4 Å². The Bertz CT molecular complexity index is 854. The summed E-state index contributed by atoms with van der Waals surface area (Å²) in [6.07, 6.45) is 1.75. The molecule has 3 atom stereocenters. The van der Waals surface area contributed by atoms with Gasteiger partial charge in [-0.3, -0.25) is 0 Å². The number of imidazole rings is 1. The summed E-state index contributed by atoms with van der Waals surface area (Å²) >= 11 is 0. The smallest absolute Gasteiger partial charge is 0.165 e. The second-order valence-corrected chi connectivity index (χ2v) is 6.04. The highest BCUT2D eigenvalue weighted by Crippen LogP contribution is 2.28. The van der Waals surface area contributed by atoms with Gasteiger partial charge in [-0.15, -0.1) is 0 Å². The maximum atomic E-state index is 10.2. The number of anilines is 1. The van der Waals surface area contributed by atoms with Crippen LogP contribution in [0.15, 0.2) is 43.0 Å². The zero-order valence-corrected chi connectivity index (χ0v) is 13.5. The summed E-state index contributed by atoms with van der Waals surface area (Å²) in [4.78, 5) is 13.0. The number of nitrogens with zero attached hydrogens (tertiary/aromatic N) is 4. The van der Waals surface area contributed by atoms with Crippen molar-refractivity contribution in [3.05, 3.63) is 48.5 Å². The van der Waals surface area contributed by atoms with Gasteiger partial charge in [0.15, 0.2) is 17.8 Å². The highest BCUT2D eigenvalue weighted by Gasteiger charge is 2.31. The Labute approximate surface area is 144 Å². The number of aromatic nitrogens is 4. The van der Waals surface area contributed by atoms with Crippen LogP contribution in [0.25, 0.3) is 11.2 Å². The quantitative estimate of drug-likeness (QED) is 0.652. The summed E-state index contributed by atoms with van der Waals surface area (Å²) in [5, 5.41) is 23.2. The van der Waals surface area contributed by atoms with E-state index in [2.05, 4.69) is 20.3 Å². The van der Waals surface area contributed by atoms with Gasteiger partial charge < -0.3 is 24.8 Å². The molecule has 3 heterocycles. The zero-order valence-electron chi connectivity index (χ0n) is 13.5. The van der Waals surface area contributed by atoms with E-state index in [4.69, 9.17) is 4.74 Å². The van der Waals surface area contributed by atoms with Gasteiger partial charge in [0.2, 0.25) is 0 Å². The van der Waals surface area contributed by atoms with Crippen LogP contribution in [0.2, 0.25) is 0 Å². The van der Waals surface area contributed by atoms with Gasteiger partial charge in [-0.2, -0.15) is 0 Å². The number of benzene rings is 1. The van der Waals surface area contributed by atoms with Gasteiger partial charge in [0.25, 0.3) is 0 Å². The molecule has 3 aromatic rings. The van der Waals surface area contributed by atoms with Crippen LogP contribution < -0.4 is 5.32 Å². The minimum Gasteiger partial charge on any atom is -0.389 e. The molecule has 25 heavy (non-hydrogen) atoms. The number of hydrogen-bond acceptors (Lipinski definition) is 7. The maximum absolute atomic E-state index is 10.2. The van der Waals surface area contributed by atoms with Crippen molar-refractivity contribution in [2.24, 2.45) is 0 Å². The number of aliphatic hydroxyl groups is 2. The Kier molecular flexibility index (Phi) is 4.31. The Balaban J connectivity index is 1.61. The van der Waals surface area contributed by atoms with Crippen molar-refractivity contribution in [3.8, 4) is 0 Å². The molecule has 8 nitrogen and oxygen atoms in total. The number of rotatable bonds is 4. The molecule has 4 rings (SSSR count). The molecule has 1 aliphatic heterocycles. The average Bonchev–Trinajstić information content (AvgIpc) is 3.07. The molecule has 0 aliphatic carbocycles. The van der Waals surface area contributed by atoms with Crippen LogP contribution >= 0.6 is 0 Å². The first kappa shape index (κ1) is 15.9. The maximum Gasteiger partial charge on any atom is 0.165 e. The molecule has 8 heteroatoms. The summed E-state index contributed by atoms with van der Waals surface area (Å²) in [5.41, 5.74) is 2.38. The third-order valence-corrected chi connectivity index (χ3v) is 4.37. The summed E-state index contributed by atoms with van der Waals surface area (Å²) in [6.45, 7) is 0.703. The lowest BCUT2D eigenvalue weighted by molar-refractivity contribution is -0.172. The SMILES string of the molecule is OC1C[C@@H](n2cnc3c(NCc4ccccc4)ncnc32)[C@H](O)CO1. The van der Waals surface area contributed by atoms with Gasteiger partial charge in [0.05, 0.1) is 25.1 Å². The van der Waals surface area contributed by atoms with Crippen LogP contribution in [0.5, 0.6) is 0 Å². The molecule has 1 aromatic carbocycles. The average molecular weight is 341 g/mol.